The third-order valence-corrected chi connectivity index (χ3v) is 6.34. The van der Waals surface area contributed by atoms with Crippen LogP contribution in [-0.2, 0) is 10.2 Å². The zero-order chi connectivity index (χ0) is 14.8. The normalized spacial score (nSPS) is 32.1. The molecule has 2 aliphatic rings. The van der Waals surface area contributed by atoms with E-state index < -0.39 is 10.2 Å². The van der Waals surface area contributed by atoms with Gasteiger partial charge in [0.05, 0.1) is 6.61 Å². The summed E-state index contributed by atoms with van der Waals surface area (Å²) in [6, 6.07) is -0.220. The minimum atomic E-state index is -3.47. The summed E-state index contributed by atoms with van der Waals surface area (Å²) in [4.78, 5) is 0. The third kappa shape index (κ3) is 3.93. The zero-order valence-electron chi connectivity index (χ0n) is 12.6. The van der Waals surface area contributed by atoms with Gasteiger partial charge in [-0.25, -0.2) is 0 Å². The standard InChI is InChI=1S/C14H28N2O3S/c1-14(2)8-5-6-12(10-14)15-20(18,19)16-9-4-3-7-13(16)11-17/h12-13,15,17H,3-11H2,1-2H3. The minimum Gasteiger partial charge on any atom is -0.395 e. The number of nitrogens with zero attached hydrogens (tertiary/aromatic N) is 1. The van der Waals surface area contributed by atoms with Crippen LogP contribution in [0.4, 0.5) is 0 Å². The molecule has 2 rings (SSSR count). The van der Waals surface area contributed by atoms with Gasteiger partial charge in [0.2, 0.25) is 0 Å². The molecule has 0 spiro atoms. The number of piperidine rings is 1. The smallest absolute Gasteiger partial charge is 0.280 e. The summed E-state index contributed by atoms with van der Waals surface area (Å²) in [5.41, 5.74) is 0.212. The Morgan fingerprint density at radius 2 is 2.00 bits per heavy atom. The minimum absolute atomic E-state index is 0.0324. The molecule has 6 heteroatoms. The predicted octanol–water partition coefficient (Wildman–Crippen LogP) is 1.64. The van der Waals surface area contributed by atoms with Gasteiger partial charge in [-0.1, -0.05) is 26.7 Å². The van der Waals surface area contributed by atoms with Crippen LogP contribution in [0.25, 0.3) is 0 Å². The molecule has 2 fully saturated rings. The van der Waals surface area contributed by atoms with Crippen molar-refractivity contribution >= 4 is 10.2 Å². The molecule has 0 aromatic carbocycles. The van der Waals surface area contributed by atoms with Crippen LogP contribution in [0.1, 0.15) is 58.8 Å². The lowest BCUT2D eigenvalue weighted by molar-refractivity contribution is 0.151. The van der Waals surface area contributed by atoms with Crippen LogP contribution in [0.5, 0.6) is 0 Å². The molecule has 0 amide bonds. The van der Waals surface area contributed by atoms with E-state index in [0.717, 1.165) is 44.9 Å². The van der Waals surface area contributed by atoms with Crippen molar-refractivity contribution < 1.29 is 13.5 Å². The summed E-state index contributed by atoms with van der Waals surface area (Å²) in [5.74, 6) is 0. The lowest BCUT2D eigenvalue weighted by Crippen LogP contribution is -2.53. The van der Waals surface area contributed by atoms with E-state index in [-0.39, 0.29) is 24.1 Å². The molecule has 5 nitrogen and oxygen atoms in total. The summed E-state index contributed by atoms with van der Waals surface area (Å²) in [6.45, 7) is 4.84. The highest BCUT2D eigenvalue weighted by atomic mass is 32.2. The van der Waals surface area contributed by atoms with Crippen LogP contribution in [0.2, 0.25) is 0 Å². The molecule has 118 valence electrons. The summed E-state index contributed by atoms with van der Waals surface area (Å²) < 4.78 is 29.4. The molecule has 0 aromatic rings. The van der Waals surface area contributed by atoms with E-state index in [1.54, 1.807) is 0 Å². The van der Waals surface area contributed by atoms with Crippen LogP contribution in [0, 0.1) is 5.41 Å². The van der Waals surface area contributed by atoms with Gasteiger partial charge in [0.15, 0.2) is 0 Å². The monoisotopic (exact) mass is 304 g/mol. The van der Waals surface area contributed by atoms with Crippen molar-refractivity contribution in [3.05, 3.63) is 0 Å². The lowest BCUT2D eigenvalue weighted by Gasteiger charge is -2.38. The molecule has 20 heavy (non-hydrogen) atoms. The molecule has 1 saturated heterocycles. The maximum atomic E-state index is 12.5. The van der Waals surface area contributed by atoms with Crippen LogP contribution < -0.4 is 4.72 Å². The number of hydrogen-bond acceptors (Lipinski definition) is 3. The van der Waals surface area contributed by atoms with Gasteiger partial charge in [0.25, 0.3) is 10.2 Å². The van der Waals surface area contributed by atoms with Crippen LogP contribution in [-0.4, -0.2) is 43.1 Å². The van der Waals surface area contributed by atoms with Crippen molar-refractivity contribution in [1.29, 1.82) is 0 Å². The highest BCUT2D eigenvalue weighted by Crippen LogP contribution is 2.35. The fourth-order valence-corrected chi connectivity index (χ4v) is 5.24. The summed E-state index contributed by atoms with van der Waals surface area (Å²) in [5, 5.41) is 9.38. The fraction of sp³-hybridized carbons (Fsp3) is 1.00. The Hall–Kier alpha value is -0.170. The molecule has 0 radical (unpaired) electrons. The Morgan fingerprint density at radius 3 is 2.65 bits per heavy atom. The SMILES string of the molecule is CC1(C)CCCC(NS(=O)(=O)N2CCCCC2CO)C1. The Bertz CT molecular complexity index is 422. The molecule has 1 aliphatic heterocycles. The second kappa shape index (κ2) is 6.30. The molecular weight excluding hydrogens is 276 g/mol. The van der Waals surface area contributed by atoms with Crippen LogP contribution >= 0.6 is 0 Å². The van der Waals surface area contributed by atoms with Crippen molar-refractivity contribution in [1.82, 2.24) is 9.03 Å². The molecule has 2 N–H and O–H groups in total. The molecule has 0 bridgehead atoms. The first-order chi connectivity index (χ1) is 9.34. The third-order valence-electron chi connectivity index (χ3n) is 4.61. The lowest BCUT2D eigenvalue weighted by atomic mass is 9.75. The van der Waals surface area contributed by atoms with E-state index in [2.05, 4.69) is 18.6 Å². The predicted molar refractivity (Wildman–Crippen MR) is 79.5 cm³/mol. The van der Waals surface area contributed by atoms with Crippen LogP contribution in [0.15, 0.2) is 0 Å². The van der Waals surface area contributed by atoms with Gasteiger partial charge in [-0.2, -0.15) is 17.4 Å². The highest BCUT2D eigenvalue weighted by Gasteiger charge is 2.36. The molecule has 2 unspecified atom stereocenters. The summed E-state index contributed by atoms with van der Waals surface area (Å²) in [7, 11) is -3.47. The molecule has 1 heterocycles. The van der Waals surface area contributed by atoms with Crippen molar-refractivity contribution in [2.75, 3.05) is 13.2 Å². The topological polar surface area (TPSA) is 69.6 Å². The number of aliphatic hydroxyl groups is 1. The van der Waals surface area contributed by atoms with E-state index >= 15 is 0 Å². The number of nitrogens with one attached hydrogen (secondary N) is 1. The Balaban J connectivity index is 2.02. The first-order valence-electron chi connectivity index (χ1n) is 7.74. The number of hydrogen-bond donors (Lipinski definition) is 2. The Labute approximate surface area is 122 Å². The average Bonchev–Trinajstić information content (AvgIpc) is 2.37. The maximum absolute atomic E-state index is 12.5. The number of rotatable bonds is 4. The largest absolute Gasteiger partial charge is 0.395 e. The molecule has 2 atom stereocenters. The van der Waals surface area contributed by atoms with Crippen molar-refractivity contribution in [2.45, 2.75) is 70.9 Å². The second-order valence-corrected chi connectivity index (χ2v) is 8.68. The summed E-state index contributed by atoms with van der Waals surface area (Å²) >= 11 is 0. The van der Waals surface area contributed by atoms with Crippen molar-refractivity contribution in [3.63, 3.8) is 0 Å². The van der Waals surface area contributed by atoms with Crippen molar-refractivity contribution in [3.8, 4) is 0 Å². The van der Waals surface area contributed by atoms with Gasteiger partial charge in [-0.05, 0) is 37.5 Å². The second-order valence-electron chi connectivity index (χ2n) is 7.02. The van der Waals surface area contributed by atoms with Gasteiger partial charge in [0.1, 0.15) is 0 Å². The van der Waals surface area contributed by atoms with Gasteiger partial charge in [-0.3, -0.25) is 0 Å². The van der Waals surface area contributed by atoms with Gasteiger partial charge in [-0.15, -0.1) is 0 Å². The van der Waals surface area contributed by atoms with E-state index in [1.807, 2.05) is 0 Å². The fourth-order valence-electron chi connectivity index (χ4n) is 3.55. The quantitative estimate of drug-likeness (QED) is 0.829. The molecular formula is C14H28N2O3S. The Morgan fingerprint density at radius 1 is 1.25 bits per heavy atom. The first-order valence-corrected chi connectivity index (χ1v) is 9.18. The van der Waals surface area contributed by atoms with Gasteiger partial charge in [0, 0.05) is 18.6 Å². The average molecular weight is 304 g/mol. The van der Waals surface area contributed by atoms with Crippen LogP contribution in [0.3, 0.4) is 0 Å². The van der Waals surface area contributed by atoms with E-state index in [4.69, 9.17) is 0 Å². The molecule has 0 aromatic heterocycles. The maximum Gasteiger partial charge on any atom is 0.280 e. The summed E-state index contributed by atoms with van der Waals surface area (Å²) in [6.07, 6.45) is 6.68. The van der Waals surface area contributed by atoms with Crippen molar-refractivity contribution in [2.24, 2.45) is 5.41 Å². The first kappa shape index (κ1) is 16.2. The molecule has 1 saturated carbocycles. The van der Waals surface area contributed by atoms with E-state index in [1.165, 1.54) is 4.31 Å². The highest BCUT2D eigenvalue weighted by molar-refractivity contribution is 7.87. The molecule has 1 aliphatic carbocycles. The van der Waals surface area contributed by atoms with Gasteiger partial charge < -0.3 is 5.11 Å². The number of aliphatic hydroxyl groups excluding tert-OH is 1. The van der Waals surface area contributed by atoms with E-state index in [0.29, 0.717) is 6.54 Å². The Kier molecular flexibility index (Phi) is 5.10. The van der Waals surface area contributed by atoms with Gasteiger partial charge >= 0.3 is 0 Å². The van der Waals surface area contributed by atoms with E-state index in [9.17, 15) is 13.5 Å². The zero-order valence-corrected chi connectivity index (χ0v) is 13.5.